The lowest BCUT2D eigenvalue weighted by Gasteiger charge is -2.18. The van der Waals surface area contributed by atoms with Gasteiger partial charge in [-0.25, -0.2) is 15.0 Å². The minimum absolute atomic E-state index is 0.709. The second kappa shape index (κ2) is 9.87. The van der Waals surface area contributed by atoms with Crippen LogP contribution >= 0.6 is 0 Å². The average Bonchev–Trinajstić information content (AvgIpc) is 3.00. The molecule has 1 heterocycles. The highest BCUT2D eigenvalue weighted by Crippen LogP contribution is 2.44. The summed E-state index contributed by atoms with van der Waals surface area (Å²) < 4.78 is 0. The van der Waals surface area contributed by atoms with Crippen LogP contribution in [0.3, 0.4) is 0 Å². The summed E-state index contributed by atoms with van der Waals surface area (Å²) >= 11 is 0. The molecule has 40 heavy (non-hydrogen) atoms. The van der Waals surface area contributed by atoms with E-state index in [1.165, 1.54) is 49.4 Å². The summed E-state index contributed by atoms with van der Waals surface area (Å²) in [6, 6.07) is 45.7. The maximum Gasteiger partial charge on any atom is 0.163 e. The molecule has 0 saturated carbocycles. The second-order valence-corrected chi connectivity index (χ2v) is 10.1. The first-order valence-corrected chi connectivity index (χ1v) is 13.5. The first-order valence-electron chi connectivity index (χ1n) is 13.5. The van der Waals surface area contributed by atoms with Gasteiger partial charge in [-0.1, -0.05) is 121 Å². The monoisotopic (exact) mass is 513 g/mol. The van der Waals surface area contributed by atoms with Gasteiger partial charge in [0.05, 0.1) is 0 Å². The van der Waals surface area contributed by atoms with Crippen LogP contribution in [-0.4, -0.2) is 15.0 Å². The summed E-state index contributed by atoms with van der Waals surface area (Å²) in [5.41, 5.74) is 8.30. The zero-order chi connectivity index (χ0) is 27.1. The van der Waals surface area contributed by atoms with Gasteiger partial charge < -0.3 is 0 Å². The van der Waals surface area contributed by atoms with E-state index in [1.807, 2.05) is 13.8 Å². The van der Waals surface area contributed by atoms with Crippen LogP contribution < -0.4 is 0 Å². The van der Waals surface area contributed by atoms with Crippen molar-refractivity contribution in [2.24, 2.45) is 0 Å². The Bertz CT molecular complexity index is 1970. The Labute approximate surface area is 233 Å². The fourth-order valence-corrected chi connectivity index (χ4v) is 5.75. The fourth-order valence-electron chi connectivity index (χ4n) is 5.75. The molecule has 0 saturated heterocycles. The molecule has 0 radical (unpaired) electrons. The number of aromatic nitrogens is 3. The predicted octanol–water partition coefficient (Wildman–Crippen LogP) is 9.46. The van der Waals surface area contributed by atoms with Gasteiger partial charge in [-0.05, 0) is 74.8 Å². The summed E-state index contributed by atoms with van der Waals surface area (Å²) in [5, 5.41) is 5.02. The van der Waals surface area contributed by atoms with Crippen molar-refractivity contribution < 1.29 is 0 Å². The van der Waals surface area contributed by atoms with Gasteiger partial charge in [0.15, 0.2) is 5.82 Å². The van der Waals surface area contributed by atoms with E-state index in [9.17, 15) is 0 Å². The van der Waals surface area contributed by atoms with Gasteiger partial charge in [0.25, 0.3) is 0 Å². The first kappa shape index (κ1) is 23.9. The molecule has 1 aromatic heterocycles. The highest BCUT2D eigenvalue weighted by molar-refractivity contribution is 6.21. The molecule has 0 N–H and O–H groups in total. The van der Waals surface area contributed by atoms with E-state index in [2.05, 4.69) is 142 Å². The third kappa shape index (κ3) is 4.22. The third-order valence-corrected chi connectivity index (χ3v) is 7.48. The van der Waals surface area contributed by atoms with Gasteiger partial charge >= 0.3 is 0 Å². The Balaban J connectivity index is 1.47. The number of fused-ring (bicyclic) bond motifs is 2. The van der Waals surface area contributed by atoms with E-state index in [-0.39, 0.29) is 0 Å². The van der Waals surface area contributed by atoms with Crippen molar-refractivity contribution in [3.05, 3.63) is 139 Å². The molecule has 0 fully saturated rings. The normalized spacial score (nSPS) is 11.2. The van der Waals surface area contributed by atoms with Crippen molar-refractivity contribution >= 4 is 21.5 Å². The molecule has 0 amide bonds. The molecule has 0 spiro atoms. The van der Waals surface area contributed by atoms with Crippen LogP contribution in [0.5, 0.6) is 0 Å². The van der Waals surface area contributed by atoms with Gasteiger partial charge in [-0.2, -0.15) is 0 Å². The van der Waals surface area contributed by atoms with Crippen LogP contribution in [0.2, 0.25) is 0 Å². The van der Waals surface area contributed by atoms with E-state index in [0.29, 0.717) is 5.82 Å². The lowest BCUT2D eigenvalue weighted by atomic mass is 9.85. The zero-order valence-corrected chi connectivity index (χ0v) is 22.5. The number of hydrogen-bond donors (Lipinski definition) is 0. The average molecular weight is 514 g/mol. The molecule has 0 bridgehead atoms. The molecule has 190 valence electrons. The molecule has 3 heteroatoms. The molecule has 7 aromatic rings. The highest BCUT2D eigenvalue weighted by atomic mass is 15.0. The Morgan fingerprint density at radius 3 is 1.38 bits per heavy atom. The van der Waals surface area contributed by atoms with Crippen LogP contribution in [0.1, 0.15) is 11.6 Å². The van der Waals surface area contributed by atoms with Crippen LogP contribution in [0, 0.1) is 13.8 Å². The van der Waals surface area contributed by atoms with Crippen molar-refractivity contribution in [1.82, 2.24) is 15.0 Å². The van der Waals surface area contributed by atoms with Crippen molar-refractivity contribution in [1.29, 1.82) is 0 Å². The Kier molecular flexibility index (Phi) is 5.90. The maximum atomic E-state index is 4.54. The Morgan fingerprint density at radius 1 is 0.350 bits per heavy atom. The van der Waals surface area contributed by atoms with E-state index < -0.39 is 0 Å². The maximum absolute atomic E-state index is 4.54. The van der Waals surface area contributed by atoms with Gasteiger partial charge in [0.2, 0.25) is 0 Å². The number of hydrogen-bond acceptors (Lipinski definition) is 3. The smallest absolute Gasteiger partial charge is 0.163 e. The van der Waals surface area contributed by atoms with Crippen molar-refractivity contribution in [3.63, 3.8) is 0 Å². The Hall–Kier alpha value is -5.15. The summed E-state index contributed by atoms with van der Waals surface area (Å²) in [6.07, 6.45) is 0. The number of aryl methyl sites for hydroxylation is 2. The summed E-state index contributed by atoms with van der Waals surface area (Å²) in [7, 11) is 0. The minimum atomic E-state index is 0.709. The molecule has 0 atom stereocenters. The summed E-state index contributed by atoms with van der Waals surface area (Å²) in [5.74, 6) is 2.17. The van der Waals surface area contributed by atoms with Crippen molar-refractivity contribution in [2.45, 2.75) is 13.8 Å². The van der Waals surface area contributed by atoms with Crippen LogP contribution in [0.25, 0.3) is 66.3 Å². The topological polar surface area (TPSA) is 38.7 Å². The number of benzene rings is 6. The largest absolute Gasteiger partial charge is 0.219 e. The molecule has 3 nitrogen and oxygen atoms in total. The quantitative estimate of drug-likeness (QED) is 0.220. The third-order valence-electron chi connectivity index (χ3n) is 7.48. The summed E-state index contributed by atoms with van der Waals surface area (Å²) in [4.78, 5) is 13.4. The molecule has 7 rings (SSSR count). The number of rotatable bonds is 4. The van der Waals surface area contributed by atoms with Gasteiger partial charge in [-0.15, -0.1) is 0 Å². The first-order chi connectivity index (χ1) is 19.7. The number of nitrogens with zero attached hydrogens (tertiary/aromatic N) is 3. The summed E-state index contributed by atoms with van der Waals surface area (Å²) in [6.45, 7) is 3.80. The van der Waals surface area contributed by atoms with Crippen LogP contribution in [-0.2, 0) is 0 Å². The Morgan fingerprint density at radius 2 is 0.800 bits per heavy atom. The minimum Gasteiger partial charge on any atom is -0.219 e. The lowest BCUT2D eigenvalue weighted by Crippen LogP contribution is -1.98. The van der Waals surface area contributed by atoms with Crippen molar-refractivity contribution in [2.75, 3.05) is 0 Å². The molecule has 0 unspecified atom stereocenters. The highest BCUT2D eigenvalue weighted by Gasteiger charge is 2.17. The molecular formula is C37H27N3. The second-order valence-electron chi connectivity index (χ2n) is 10.1. The van der Waals surface area contributed by atoms with Crippen LogP contribution in [0.4, 0.5) is 0 Å². The van der Waals surface area contributed by atoms with Gasteiger partial charge in [0.1, 0.15) is 11.6 Å². The van der Waals surface area contributed by atoms with E-state index >= 15 is 0 Å². The van der Waals surface area contributed by atoms with E-state index in [4.69, 9.17) is 0 Å². The molecule has 0 aliphatic carbocycles. The SMILES string of the molecule is Cc1nc(C)nc(-c2ccc(-c3ccc4c(-c5ccccc5)c5ccccc5c(-c5ccccc5)c4c3)cc2)n1. The van der Waals surface area contributed by atoms with Gasteiger partial charge in [-0.3, -0.25) is 0 Å². The van der Waals surface area contributed by atoms with E-state index in [0.717, 1.165) is 22.8 Å². The zero-order valence-electron chi connectivity index (χ0n) is 22.5. The molecule has 0 aliphatic rings. The fraction of sp³-hybridized carbons (Fsp3) is 0.0541. The van der Waals surface area contributed by atoms with Gasteiger partial charge in [0, 0.05) is 5.56 Å². The lowest BCUT2D eigenvalue weighted by molar-refractivity contribution is 0.928. The molecular weight excluding hydrogens is 486 g/mol. The van der Waals surface area contributed by atoms with Crippen LogP contribution in [0.15, 0.2) is 127 Å². The van der Waals surface area contributed by atoms with Crippen molar-refractivity contribution in [3.8, 4) is 44.8 Å². The predicted molar refractivity (Wildman–Crippen MR) is 166 cm³/mol. The molecule has 6 aromatic carbocycles. The standard InChI is InChI=1S/C37H27N3/c1-24-38-25(2)40-37(39-24)29-19-17-26(18-20-29)30-21-22-33-34(23-30)36(28-13-7-4-8-14-28)32-16-10-9-15-31(32)35(33)27-11-5-3-6-12-27/h3-23H,1-2H3. The van der Waals surface area contributed by atoms with E-state index in [1.54, 1.807) is 0 Å². The molecule has 0 aliphatic heterocycles.